The quantitative estimate of drug-likeness (QED) is 0.638. The Kier molecular flexibility index (Phi) is 5.37. The van der Waals surface area contributed by atoms with E-state index in [2.05, 4.69) is 12.2 Å². The van der Waals surface area contributed by atoms with Crippen molar-refractivity contribution in [1.29, 1.82) is 0 Å². The van der Waals surface area contributed by atoms with E-state index >= 15 is 0 Å². The van der Waals surface area contributed by atoms with Gasteiger partial charge in [-0.1, -0.05) is 32.6 Å². The van der Waals surface area contributed by atoms with Crippen molar-refractivity contribution in [3.63, 3.8) is 0 Å². The topological polar surface area (TPSA) is 21.3 Å². The summed E-state index contributed by atoms with van der Waals surface area (Å²) < 4.78 is 5.54. The van der Waals surface area contributed by atoms with Crippen LogP contribution in [0.4, 0.5) is 0 Å². The van der Waals surface area contributed by atoms with Crippen LogP contribution < -0.4 is 5.32 Å². The molecule has 0 bridgehead atoms. The second kappa shape index (κ2) is 6.44. The molecular formula is C10H20NO. The highest BCUT2D eigenvalue weighted by atomic mass is 16.5. The van der Waals surface area contributed by atoms with E-state index in [9.17, 15) is 0 Å². The summed E-state index contributed by atoms with van der Waals surface area (Å²) in [5.74, 6) is 0. The van der Waals surface area contributed by atoms with Crippen molar-refractivity contribution in [2.75, 3.05) is 13.2 Å². The lowest BCUT2D eigenvalue weighted by molar-refractivity contribution is 0.0370. The second-order valence-electron chi connectivity index (χ2n) is 3.42. The van der Waals surface area contributed by atoms with Crippen LogP contribution >= 0.6 is 0 Å². The van der Waals surface area contributed by atoms with Crippen LogP contribution in [0.25, 0.3) is 0 Å². The van der Waals surface area contributed by atoms with E-state index in [0.29, 0.717) is 6.10 Å². The summed E-state index contributed by atoms with van der Waals surface area (Å²) in [5.41, 5.74) is 0. The van der Waals surface area contributed by atoms with Crippen molar-refractivity contribution in [1.82, 2.24) is 5.32 Å². The van der Waals surface area contributed by atoms with Gasteiger partial charge in [0.05, 0.1) is 12.7 Å². The normalized spacial score (nSPS) is 24.2. The Bertz CT molecular complexity index is 100. The summed E-state index contributed by atoms with van der Waals surface area (Å²) in [6, 6.07) is 0. The molecule has 1 heterocycles. The van der Waals surface area contributed by atoms with Gasteiger partial charge in [0.1, 0.15) is 0 Å². The molecule has 1 aliphatic heterocycles. The summed E-state index contributed by atoms with van der Waals surface area (Å²) in [4.78, 5) is 0. The molecule has 1 atom stereocenters. The zero-order valence-corrected chi connectivity index (χ0v) is 8.01. The van der Waals surface area contributed by atoms with Crippen molar-refractivity contribution in [2.45, 2.75) is 45.1 Å². The molecule has 1 N–H and O–H groups in total. The van der Waals surface area contributed by atoms with Crippen LogP contribution in [0.3, 0.4) is 0 Å². The van der Waals surface area contributed by atoms with E-state index in [1.165, 1.54) is 32.1 Å². The zero-order chi connectivity index (χ0) is 8.65. The fourth-order valence-corrected chi connectivity index (χ4v) is 1.50. The van der Waals surface area contributed by atoms with E-state index in [1.807, 2.05) is 6.54 Å². The van der Waals surface area contributed by atoms with Crippen molar-refractivity contribution in [2.24, 2.45) is 0 Å². The standard InChI is InChI=1S/C10H20NO/c1-2-3-4-5-6-10-9-11-7-8-12-10/h7,10-11H,2-6,8-9H2,1H3. The number of hydrogen-bond donors (Lipinski definition) is 1. The average molecular weight is 170 g/mol. The molecule has 1 aliphatic rings. The molecule has 0 aromatic rings. The molecule has 71 valence electrons. The van der Waals surface area contributed by atoms with Gasteiger partial charge in [0.2, 0.25) is 0 Å². The molecule has 0 spiro atoms. The molecule has 2 heteroatoms. The molecule has 0 aromatic heterocycles. The molecule has 1 unspecified atom stereocenters. The number of nitrogens with one attached hydrogen (secondary N) is 1. The lowest BCUT2D eigenvalue weighted by atomic mass is 10.1. The molecule has 0 aromatic carbocycles. The van der Waals surface area contributed by atoms with Gasteiger partial charge < -0.3 is 10.1 Å². The number of rotatable bonds is 5. The first-order valence-electron chi connectivity index (χ1n) is 5.10. The van der Waals surface area contributed by atoms with Gasteiger partial charge in [-0.05, 0) is 6.42 Å². The lowest BCUT2D eigenvalue weighted by Crippen LogP contribution is -2.35. The van der Waals surface area contributed by atoms with Crippen LogP contribution in [0.5, 0.6) is 0 Å². The third-order valence-electron chi connectivity index (χ3n) is 2.28. The van der Waals surface area contributed by atoms with E-state index < -0.39 is 0 Å². The van der Waals surface area contributed by atoms with Crippen LogP contribution in [-0.2, 0) is 4.74 Å². The van der Waals surface area contributed by atoms with Crippen LogP contribution in [0.1, 0.15) is 39.0 Å². The van der Waals surface area contributed by atoms with Gasteiger partial charge in [0, 0.05) is 13.1 Å². The van der Waals surface area contributed by atoms with E-state index in [0.717, 1.165) is 13.2 Å². The fraction of sp³-hybridized carbons (Fsp3) is 0.900. The maximum atomic E-state index is 5.54. The SMILES string of the molecule is CCCCCCC1CN[CH]CO1. The third-order valence-corrected chi connectivity index (χ3v) is 2.28. The predicted molar refractivity (Wildman–Crippen MR) is 50.8 cm³/mol. The van der Waals surface area contributed by atoms with Crippen molar-refractivity contribution < 1.29 is 4.74 Å². The Morgan fingerprint density at radius 1 is 1.42 bits per heavy atom. The Morgan fingerprint density at radius 2 is 2.33 bits per heavy atom. The van der Waals surface area contributed by atoms with Gasteiger partial charge >= 0.3 is 0 Å². The molecule has 1 rings (SSSR count). The largest absolute Gasteiger partial charge is 0.375 e. The minimum absolute atomic E-state index is 0.465. The highest BCUT2D eigenvalue weighted by Gasteiger charge is 2.11. The van der Waals surface area contributed by atoms with Gasteiger partial charge in [-0.2, -0.15) is 0 Å². The highest BCUT2D eigenvalue weighted by molar-refractivity contribution is 4.73. The predicted octanol–water partition coefficient (Wildman–Crippen LogP) is 2.11. The van der Waals surface area contributed by atoms with Crippen LogP contribution in [0, 0.1) is 6.54 Å². The maximum absolute atomic E-state index is 5.54. The summed E-state index contributed by atoms with van der Waals surface area (Å²) in [6.07, 6.45) is 7.05. The molecule has 2 nitrogen and oxygen atoms in total. The van der Waals surface area contributed by atoms with E-state index in [-0.39, 0.29) is 0 Å². The molecule has 0 saturated carbocycles. The van der Waals surface area contributed by atoms with Gasteiger partial charge in [-0.15, -0.1) is 0 Å². The molecule has 0 amide bonds. The van der Waals surface area contributed by atoms with Gasteiger partial charge in [0.15, 0.2) is 0 Å². The molecule has 1 fully saturated rings. The van der Waals surface area contributed by atoms with E-state index in [1.54, 1.807) is 0 Å². The first-order chi connectivity index (χ1) is 5.93. The molecule has 12 heavy (non-hydrogen) atoms. The van der Waals surface area contributed by atoms with Crippen molar-refractivity contribution in [3.05, 3.63) is 6.54 Å². The Balaban J connectivity index is 1.91. The summed E-state index contributed by atoms with van der Waals surface area (Å²) in [5, 5.41) is 3.23. The van der Waals surface area contributed by atoms with Crippen molar-refractivity contribution in [3.8, 4) is 0 Å². The number of morpholine rings is 1. The first kappa shape index (κ1) is 10.0. The van der Waals surface area contributed by atoms with Gasteiger partial charge in [-0.3, -0.25) is 0 Å². The van der Waals surface area contributed by atoms with Crippen LogP contribution in [0.15, 0.2) is 0 Å². The highest BCUT2D eigenvalue weighted by Crippen LogP contribution is 2.09. The third kappa shape index (κ3) is 4.07. The first-order valence-corrected chi connectivity index (χ1v) is 5.10. The Hall–Kier alpha value is -0.0800. The molecule has 1 radical (unpaired) electrons. The number of hydrogen-bond acceptors (Lipinski definition) is 2. The Morgan fingerprint density at radius 3 is 3.00 bits per heavy atom. The molecular weight excluding hydrogens is 150 g/mol. The molecule has 1 saturated heterocycles. The summed E-state index contributed by atoms with van der Waals surface area (Å²) in [6.45, 7) is 6.01. The second-order valence-corrected chi connectivity index (χ2v) is 3.42. The Labute approximate surface area is 75.7 Å². The minimum atomic E-state index is 0.465. The lowest BCUT2D eigenvalue weighted by Gasteiger charge is -2.23. The fourth-order valence-electron chi connectivity index (χ4n) is 1.50. The zero-order valence-electron chi connectivity index (χ0n) is 8.01. The van der Waals surface area contributed by atoms with Gasteiger partial charge in [0.25, 0.3) is 0 Å². The van der Waals surface area contributed by atoms with Gasteiger partial charge in [-0.25, -0.2) is 0 Å². The number of unbranched alkanes of at least 4 members (excludes halogenated alkanes) is 3. The summed E-state index contributed by atoms with van der Waals surface area (Å²) >= 11 is 0. The smallest absolute Gasteiger partial charge is 0.0700 e. The average Bonchev–Trinajstić information content (AvgIpc) is 2.14. The van der Waals surface area contributed by atoms with Crippen LogP contribution in [0.2, 0.25) is 0 Å². The van der Waals surface area contributed by atoms with Crippen LogP contribution in [-0.4, -0.2) is 19.3 Å². The van der Waals surface area contributed by atoms with Crippen molar-refractivity contribution >= 4 is 0 Å². The van der Waals surface area contributed by atoms with E-state index in [4.69, 9.17) is 4.74 Å². The summed E-state index contributed by atoms with van der Waals surface area (Å²) in [7, 11) is 0. The monoisotopic (exact) mass is 170 g/mol. The number of ether oxygens (including phenoxy) is 1. The minimum Gasteiger partial charge on any atom is -0.375 e. The molecule has 0 aliphatic carbocycles. The maximum Gasteiger partial charge on any atom is 0.0700 e.